The van der Waals surface area contributed by atoms with E-state index in [1.54, 1.807) is 0 Å². The molecule has 17 heavy (non-hydrogen) atoms. The first-order valence-corrected chi connectivity index (χ1v) is 5.90. The number of fused-ring (bicyclic) bond motifs is 2. The summed E-state index contributed by atoms with van der Waals surface area (Å²) in [6.45, 7) is 1.68. The van der Waals surface area contributed by atoms with E-state index < -0.39 is 0 Å². The van der Waals surface area contributed by atoms with Crippen molar-refractivity contribution < 1.29 is 9.30 Å². The van der Waals surface area contributed by atoms with Crippen molar-refractivity contribution in [3.63, 3.8) is 0 Å². The molecule has 82 valence electrons. The summed E-state index contributed by atoms with van der Waals surface area (Å²) in [5.41, 5.74) is 2.51. The van der Waals surface area contributed by atoms with Gasteiger partial charge in [0, 0.05) is 11.5 Å². The Hall–Kier alpha value is -2.09. The molecule has 4 rings (SSSR count). The van der Waals surface area contributed by atoms with Gasteiger partial charge in [-0.2, -0.15) is 4.57 Å². The summed E-state index contributed by atoms with van der Waals surface area (Å²) in [7, 11) is 0. The molecule has 0 bridgehead atoms. The minimum atomic E-state index is 0.755. The topological polar surface area (TPSA) is 13.1 Å². The molecule has 0 amide bonds. The third kappa shape index (κ3) is 1.18. The average Bonchev–Trinajstić information content (AvgIpc) is 2.39. The summed E-state index contributed by atoms with van der Waals surface area (Å²) in [4.78, 5) is 0. The molecule has 0 aliphatic carbocycles. The molecule has 0 unspecified atom stereocenters. The van der Waals surface area contributed by atoms with E-state index >= 15 is 0 Å². The molecule has 1 aliphatic heterocycles. The van der Waals surface area contributed by atoms with E-state index in [-0.39, 0.29) is 0 Å². The van der Waals surface area contributed by atoms with E-state index in [1.807, 2.05) is 6.07 Å². The largest absolute Gasteiger partial charge is 0.480 e. The molecule has 2 heteroatoms. The lowest BCUT2D eigenvalue weighted by Gasteiger charge is -2.14. The van der Waals surface area contributed by atoms with Gasteiger partial charge >= 0.3 is 0 Å². The van der Waals surface area contributed by atoms with Gasteiger partial charge in [-0.15, -0.1) is 0 Å². The van der Waals surface area contributed by atoms with Gasteiger partial charge in [-0.25, -0.2) is 0 Å². The molecule has 2 heterocycles. The van der Waals surface area contributed by atoms with Crippen LogP contribution in [0.2, 0.25) is 0 Å². The van der Waals surface area contributed by atoms with Gasteiger partial charge in [0.15, 0.2) is 12.3 Å². The summed E-state index contributed by atoms with van der Waals surface area (Å²) >= 11 is 0. The summed E-state index contributed by atoms with van der Waals surface area (Å²) in [5, 5.41) is 2.54. The summed E-state index contributed by atoms with van der Waals surface area (Å²) < 4.78 is 8.09. The van der Waals surface area contributed by atoms with Gasteiger partial charge in [-0.3, -0.25) is 0 Å². The lowest BCUT2D eigenvalue weighted by atomic mass is 10.1. The molecule has 1 aromatic heterocycles. The highest BCUT2D eigenvalue weighted by Crippen LogP contribution is 2.27. The molecular formula is C15H12NO+. The van der Waals surface area contributed by atoms with E-state index in [0.717, 1.165) is 18.9 Å². The number of hydrogen-bond donors (Lipinski definition) is 0. The SMILES string of the molecule is c1ccc2c(c1)cc1cccc3c1[n+]2CCO3. The Balaban J connectivity index is 2.30. The number of para-hydroxylation sites is 2. The Kier molecular flexibility index (Phi) is 1.69. The Labute approximate surface area is 99.1 Å². The number of rotatable bonds is 0. The number of ether oxygens (including phenoxy) is 1. The average molecular weight is 222 g/mol. The van der Waals surface area contributed by atoms with Gasteiger partial charge in [-0.1, -0.05) is 18.2 Å². The second-order valence-electron chi connectivity index (χ2n) is 4.40. The van der Waals surface area contributed by atoms with Crippen molar-refractivity contribution >= 4 is 21.8 Å². The quantitative estimate of drug-likeness (QED) is 0.421. The highest BCUT2D eigenvalue weighted by molar-refractivity contribution is 5.91. The number of pyridine rings is 1. The van der Waals surface area contributed by atoms with E-state index in [1.165, 1.54) is 21.8 Å². The lowest BCUT2D eigenvalue weighted by Crippen LogP contribution is -2.41. The third-order valence-corrected chi connectivity index (χ3v) is 3.41. The van der Waals surface area contributed by atoms with Crippen LogP contribution in [0, 0.1) is 0 Å². The number of benzene rings is 2. The van der Waals surface area contributed by atoms with Crippen LogP contribution in [-0.2, 0) is 6.54 Å². The number of aromatic nitrogens is 1. The fraction of sp³-hybridized carbons (Fsp3) is 0.133. The molecule has 0 radical (unpaired) electrons. The van der Waals surface area contributed by atoms with Crippen molar-refractivity contribution in [3.8, 4) is 5.75 Å². The van der Waals surface area contributed by atoms with Gasteiger partial charge in [-0.05, 0) is 24.3 Å². The fourth-order valence-electron chi connectivity index (χ4n) is 2.68. The van der Waals surface area contributed by atoms with Crippen molar-refractivity contribution in [2.75, 3.05) is 6.61 Å². The van der Waals surface area contributed by atoms with Gasteiger partial charge in [0.2, 0.25) is 5.52 Å². The molecule has 3 aromatic rings. The molecule has 0 saturated carbocycles. The van der Waals surface area contributed by atoms with E-state index in [9.17, 15) is 0 Å². The van der Waals surface area contributed by atoms with Crippen LogP contribution in [0.3, 0.4) is 0 Å². The molecule has 0 fully saturated rings. The van der Waals surface area contributed by atoms with E-state index in [2.05, 4.69) is 47.0 Å². The molecule has 0 spiro atoms. The standard InChI is InChI=1S/C15H12NO/c1-2-6-13-11(4-1)10-12-5-3-7-14-15(12)16(13)8-9-17-14/h1-7,10H,8-9H2/q+1. The first-order valence-electron chi connectivity index (χ1n) is 5.90. The molecule has 0 N–H and O–H groups in total. The van der Waals surface area contributed by atoms with Crippen molar-refractivity contribution in [2.24, 2.45) is 0 Å². The minimum Gasteiger partial charge on any atom is -0.480 e. The predicted molar refractivity (Wildman–Crippen MR) is 67.1 cm³/mol. The maximum absolute atomic E-state index is 5.72. The van der Waals surface area contributed by atoms with Crippen LogP contribution in [-0.4, -0.2) is 6.61 Å². The smallest absolute Gasteiger partial charge is 0.255 e. The van der Waals surface area contributed by atoms with E-state index in [4.69, 9.17) is 4.74 Å². The summed E-state index contributed by atoms with van der Waals surface area (Å²) in [6, 6.07) is 17.0. The van der Waals surface area contributed by atoms with Crippen LogP contribution >= 0.6 is 0 Å². The number of hydrogen-bond acceptors (Lipinski definition) is 1. The normalized spacial score (nSPS) is 13.9. The van der Waals surface area contributed by atoms with Gasteiger partial charge in [0.25, 0.3) is 5.52 Å². The highest BCUT2D eigenvalue weighted by atomic mass is 16.5. The summed E-state index contributed by atoms with van der Waals surface area (Å²) in [5.74, 6) is 1.000. The second-order valence-corrected chi connectivity index (χ2v) is 4.40. The molecule has 0 saturated heterocycles. The van der Waals surface area contributed by atoms with Gasteiger partial charge < -0.3 is 4.74 Å². The first-order chi connectivity index (χ1) is 8.43. The van der Waals surface area contributed by atoms with Crippen LogP contribution in [0.4, 0.5) is 0 Å². The maximum Gasteiger partial charge on any atom is 0.255 e. The molecule has 2 nitrogen and oxygen atoms in total. The van der Waals surface area contributed by atoms with Crippen molar-refractivity contribution in [1.82, 2.24) is 0 Å². The summed E-state index contributed by atoms with van der Waals surface area (Å²) in [6.07, 6.45) is 0. The monoisotopic (exact) mass is 222 g/mol. The Morgan fingerprint density at radius 3 is 2.82 bits per heavy atom. The Morgan fingerprint density at radius 1 is 0.941 bits per heavy atom. The zero-order chi connectivity index (χ0) is 11.2. The Morgan fingerprint density at radius 2 is 1.82 bits per heavy atom. The van der Waals surface area contributed by atoms with E-state index in [0.29, 0.717) is 0 Å². The lowest BCUT2D eigenvalue weighted by molar-refractivity contribution is -0.650. The second kappa shape index (κ2) is 3.20. The van der Waals surface area contributed by atoms with Crippen LogP contribution in [0.5, 0.6) is 5.75 Å². The third-order valence-electron chi connectivity index (χ3n) is 3.41. The predicted octanol–water partition coefficient (Wildman–Crippen LogP) is 2.67. The first kappa shape index (κ1) is 8.99. The number of nitrogens with zero attached hydrogens (tertiary/aromatic N) is 1. The minimum absolute atomic E-state index is 0.755. The van der Waals surface area contributed by atoms with Crippen molar-refractivity contribution in [2.45, 2.75) is 6.54 Å². The van der Waals surface area contributed by atoms with Crippen molar-refractivity contribution in [1.29, 1.82) is 0 Å². The molecule has 2 aromatic carbocycles. The van der Waals surface area contributed by atoms with Crippen LogP contribution in [0.25, 0.3) is 21.8 Å². The zero-order valence-electron chi connectivity index (χ0n) is 9.39. The van der Waals surface area contributed by atoms with Crippen LogP contribution in [0.1, 0.15) is 0 Å². The van der Waals surface area contributed by atoms with Gasteiger partial charge in [0.05, 0.1) is 5.39 Å². The maximum atomic E-state index is 5.72. The molecule has 0 atom stereocenters. The Bertz CT molecular complexity index is 733. The van der Waals surface area contributed by atoms with Gasteiger partial charge in [0.1, 0.15) is 6.61 Å². The fourth-order valence-corrected chi connectivity index (χ4v) is 2.68. The molecule has 1 aliphatic rings. The van der Waals surface area contributed by atoms with Crippen molar-refractivity contribution in [3.05, 3.63) is 48.5 Å². The molecular weight excluding hydrogens is 210 g/mol. The van der Waals surface area contributed by atoms with Crippen LogP contribution in [0.15, 0.2) is 48.5 Å². The highest BCUT2D eigenvalue weighted by Gasteiger charge is 2.22. The zero-order valence-corrected chi connectivity index (χ0v) is 9.39. The van der Waals surface area contributed by atoms with Crippen LogP contribution < -0.4 is 9.30 Å².